The van der Waals surface area contributed by atoms with E-state index in [1.165, 1.54) is 0 Å². The first kappa shape index (κ1) is 11.5. The lowest BCUT2D eigenvalue weighted by molar-refractivity contribution is 0.0506. The van der Waals surface area contributed by atoms with Gasteiger partial charge in [-0.15, -0.1) is 0 Å². The van der Waals surface area contributed by atoms with E-state index in [9.17, 15) is 0 Å². The highest BCUT2D eigenvalue weighted by molar-refractivity contribution is 6.30. The van der Waals surface area contributed by atoms with Crippen molar-refractivity contribution >= 4 is 11.6 Å². The van der Waals surface area contributed by atoms with Gasteiger partial charge in [0.2, 0.25) is 0 Å². The van der Waals surface area contributed by atoms with E-state index in [-0.39, 0.29) is 6.10 Å². The average Bonchev–Trinajstić information content (AvgIpc) is 2.39. The third-order valence-corrected chi connectivity index (χ3v) is 2.83. The minimum atomic E-state index is 0.269. The summed E-state index contributed by atoms with van der Waals surface area (Å²) in [7, 11) is 1.84. The Morgan fingerprint density at radius 3 is 2.64 bits per heavy atom. The molecule has 1 atom stereocenters. The fourth-order valence-electron chi connectivity index (χ4n) is 1.18. The zero-order valence-electron chi connectivity index (χ0n) is 9.17. The van der Waals surface area contributed by atoms with Crippen molar-refractivity contribution in [3.8, 4) is 0 Å². The van der Waals surface area contributed by atoms with Crippen LogP contribution in [-0.2, 0) is 18.4 Å². The molecule has 80 valence electrons. The maximum absolute atomic E-state index is 6.06. The van der Waals surface area contributed by atoms with Crippen molar-refractivity contribution in [2.45, 2.75) is 39.9 Å². The molecule has 1 rings (SSSR count). The molecule has 0 saturated heterocycles. The van der Waals surface area contributed by atoms with Crippen molar-refractivity contribution in [1.82, 2.24) is 9.78 Å². The van der Waals surface area contributed by atoms with E-state index in [0.717, 1.165) is 17.7 Å². The maximum Gasteiger partial charge on any atom is 0.132 e. The monoisotopic (exact) mass is 216 g/mol. The lowest BCUT2D eigenvalue weighted by Gasteiger charge is -2.09. The van der Waals surface area contributed by atoms with Gasteiger partial charge in [0.15, 0.2) is 0 Å². The van der Waals surface area contributed by atoms with Crippen molar-refractivity contribution in [1.29, 1.82) is 0 Å². The lowest BCUT2D eigenvalue weighted by atomic mass is 10.2. The zero-order valence-corrected chi connectivity index (χ0v) is 9.93. The predicted octanol–water partition coefficient (Wildman–Crippen LogP) is 2.70. The van der Waals surface area contributed by atoms with Crippen LogP contribution >= 0.6 is 11.6 Å². The second kappa shape index (κ2) is 4.80. The van der Waals surface area contributed by atoms with Crippen LogP contribution < -0.4 is 0 Å². The molecule has 0 fully saturated rings. The van der Waals surface area contributed by atoms with Crippen LogP contribution in [0.3, 0.4) is 0 Å². The number of hydrogen-bond acceptors (Lipinski definition) is 2. The van der Waals surface area contributed by atoms with E-state index in [1.54, 1.807) is 4.68 Å². The van der Waals surface area contributed by atoms with Gasteiger partial charge in [-0.3, -0.25) is 4.68 Å². The highest BCUT2D eigenvalue weighted by Crippen LogP contribution is 2.20. The number of hydrogen-bond donors (Lipinski definition) is 0. The van der Waals surface area contributed by atoms with Gasteiger partial charge in [-0.2, -0.15) is 5.10 Å². The highest BCUT2D eigenvalue weighted by Gasteiger charge is 2.11. The van der Waals surface area contributed by atoms with Crippen LogP contribution in [0.5, 0.6) is 0 Å². The van der Waals surface area contributed by atoms with Crippen LogP contribution in [0.2, 0.25) is 5.15 Å². The Bertz CT molecular complexity index is 309. The van der Waals surface area contributed by atoms with Gasteiger partial charge in [-0.1, -0.05) is 18.5 Å². The first-order valence-electron chi connectivity index (χ1n) is 4.85. The summed E-state index contributed by atoms with van der Waals surface area (Å²) in [6.07, 6.45) is 1.28. The SMILES string of the molecule is CCC(C)OCc1c(C)nn(C)c1Cl. The van der Waals surface area contributed by atoms with E-state index >= 15 is 0 Å². The van der Waals surface area contributed by atoms with Gasteiger partial charge in [0.05, 0.1) is 18.4 Å². The molecule has 0 aliphatic rings. The predicted molar refractivity (Wildman–Crippen MR) is 57.5 cm³/mol. The molecule has 3 nitrogen and oxygen atoms in total. The maximum atomic E-state index is 6.06. The van der Waals surface area contributed by atoms with Gasteiger partial charge < -0.3 is 4.74 Å². The lowest BCUT2D eigenvalue weighted by Crippen LogP contribution is -2.06. The molecule has 0 bridgehead atoms. The Kier molecular flexibility index (Phi) is 3.96. The number of halogens is 1. The third kappa shape index (κ3) is 2.49. The standard InChI is InChI=1S/C10H17ClN2O/c1-5-7(2)14-6-9-8(3)12-13(4)10(9)11/h7H,5-6H2,1-4H3. The van der Waals surface area contributed by atoms with Crippen molar-refractivity contribution in [2.24, 2.45) is 7.05 Å². The topological polar surface area (TPSA) is 27.1 Å². The summed E-state index contributed by atoms with van der Waals surface area (Å²) in [5.74, 6) is 0. The van der Waals surface area contributed by atoms with E-state index < -0.39 is 0 Å². The summed E-state index contributed by atoms with van der Waals surface area (Å²) >= 11 is 6.06. The molecule has 0 saturated carbocycles. The first-order valence-corrected chi connectivity index (χ1v) is 5.23. The largest absolute Gasteiger partial charge is 0.374 e. The molecule has 1 aromatic rings. The fraction of sp³-hybridized carbons (Fsp3) is 0.700. The summed E-state index contributed by atoms with van der Waals surface area (Å²) in [4.78, 5) is 0. The Balaban J connectivity index is 2.67. The van der Waals surface area contributed by atoms with Crippen molar-refractivity contribution < 1.29 is 4.74 Å². The molecule has 0 spiro atoms. The minimum Gasteiger partial charge on any atom is -0.374 e. The summed E-state index contributed by atoms with van der Waals surface area (Å²) in [5.41, 5.74) is 1.94. The quantitative estimate of drug-likeness (QED) is 0.774. The Hall–Kier alpha value is -0.540. The number of aryl methyl sites for hydroxylation is 2. The smallest absolute Gasteiger partial charge is 0.132 e. The van der Waals surface area contributed by atoms with Crippen LogP contribution in [0.1, 0.15) is 31.5 Å². The normalized spacial score (nSPS) is 13.2. The van der Waals surface area contributed by atoms with Crippen molar-refractivity contribution in [3.63, 3.8) is 0 Å². The zero-order chi connectivity index (χ0) is 10.7. The van der Waals surface area contributed by atoms with Crippen LogP contribution in [0.4, 0.5) is 0 Å². The molecule has 1 unspecified atom stereocenters. The molecule has 4 heteroatoms. The number of rotatable bonds is 4. The van der Waals surface area contributed by atoms with Gasteiger partial charge >= 0.3 is 0 Å². The van der Waals surface area contributed by atoms with Gasteiger partial charge in [-0.25, -0.2) is 0 Å². The Labute approximate surface area is 90.0 Å². The third-order valence-electron chi connectivity index (χ3n) is 2.36. The van der Waals surface area contributed by atoms with Crippen LogP contribution in [0.25, 0.3) is 0 Å². The number of ether oxygens (including phenoxy) is 1. The summed E-state index contributed by atoms with van der Waals surface area (Å²) < 4.78 is 7.29. The first-order chi connectivity index (χ1) is 6.56. The molecule has 0 N–H and O–H groups in total. The molecular weight excluding hydrogens is 200 g/mol. The van der Waals surface area contributed by atoms with Crippen LogP contribution in [-0.4, -0.2) is 15.9 Å². The molecule has 0 aromatic carbocycles. The van der Waals surface area contributed by atoms with E-state index in [4.69, 9.17) is 16.3 Å². The van der Waals surface area contributed by atoms with E-state index in [0.29, 0.717) is 11.8 Å². The molecule has 0 amide bonds. The minimum absolute atomic E-state index is 0.269. The molecule has 0 radical (unpaired) electrons. The second-order valence-corrected chi connectivity index (χ2v) is 3.87. The Morgan fingerprint density at radius 1 is 1.57 bits per heavy atom. The van der Waals surface area contributed by atoms with Crippen molar-refractivity contribution in [2.75, 3.05) is 0 Å². The van der Waals surface area contributed by atoms with E-state index in [1.807, 2.05) is 14.0 Å². The average molecular weight is 217 g/mol. The summed E-state index contributed by atoms with van der Waals surface area (Å²) in [6.45, 7) is 6.65. The Morgan fingerprint density at radius 2 is 2.21 bits per heavy atom. The molecule has 14 heavy (non-hydrogen) atoms. The van der Waals surface area contributed by atoms with Crippen molar-refractivity contribution in [3.05, 3.63) is 16.4 Å². The van der Waals surface area contributed by atoms with Gasteiger partial charge in [0, 0.05) is 12.6 Å². The summed E-state index contributed by atoms with van der Waals surface area (Å²) in [5, 5.41) is 4.89. The molecular formula is C10H17ClN2O. The summed E-state index contributed by atoms with van der Waals surface area (Å²) in [6, 6.07) is 0. The number of aromatic nitrogens is 2. The van der Waals surface area contributed by atoms with Gasteiger partial charge in [0.25, 0.3) is 0 Å². The van der Waals surface area contributed by atoms with Crippen LogP contribution in [0, 0.1) is 6.92 Å². The molecule has 1 aromatic heterocycles. The van der Waals surface area contributed by atoms with Crippen LogP contribution in [0.15, 0.2) is 0 Å². The molecule has 0 aliphatic heterocycles. The highest BCUT2D eigenvalue weighted by atomic mass is 35.5. The molecule has 0 aliphatic carbocycles. The second-order valence-electron chi connectivity index (χ2n) is 3.51. The van der Waals surface area contributed by atoms with Gasteiger partial charge in [0.1, 0.15) is 5.15 Å². The molecule has 1 heterocycles. The van der Waals surface area contributed by atoms with Gasteiger partial charge in [-0.05, 0) is 20.3 Å². The fourth-order valence-corrected chi connectivity index (χ4v) is 1.41. The number of nitrogens with zero attached hydrogens (tertiary/aromatic N) is 2. The van der Waals surface area contributed by atoms with E-state index in [2.05, 4.69) is 18.9 Å².